The molecule has 2 aliphatic rings. The Bertz CT molecular complexity index is 196. The van der Waals surface area contributed by atoms with Crippen LogP contribution in [-0.2, 0) is 9.53 Å². The van der Waals surface area contributed by atoms with Crippen molar-refractivity contribution in [2.75, 3.05) is 19.8 Å². The molecule has 2 heterocycles. The fourth-order valence-electron chi connectivity index (χ4n) is 1.18. The minimum absolute atomic E-state index is 0.0231. The Labute approximate surface area is 63.3 Å². The van der Waals surface area contributed by atoms with Gasteiger partial charge in [0.2, 0.25) is 5.91 Å². The third-order valence-electron chi connectivity index (χ3n) is 1.86. The molecule has 0 aliphatic carbocycles. The van der Waals surface area contributed by atoms with Crippen LogP contribution in [0.1, 0.15) is 0 Å². The first-order valence-corrected chi connectivity index (χ1v) is 3.46. The fourth-order valence-corrected chi connectivity index (χ4v) is 1.18. The topological polar surface area (TPSA) is 58.6 Å². The van der Waals surface area contributed by atoms with Crippen LogP contribution in [0.4, 0.5) is 4.79 Å². The Balaban J connectivity index is 2.09. The molecule has 2 saturated heterocycles. The van der Waals surface area contributed by atoms with Gasteiger partial charge in [-0.05, 0) is 0 Å². The number of urea groups is 1. The van der Waals surface area contributed by atoms with Crippen LogP contribution in [0, 0.1) is 0 Å². The molecule has 2 rings (SSSR count). The van der Waals surface area contributed by atoms with E-state index in [0.29, 0.717) is 13.2 Å². The summed E-state index contributed by atoms with van der Waals surface area (Å²) in [6.45, 7) is 1.10. The highest BCUT2D eigenvalue weighted by Gasteiger charge is 2.38. The van der Waals surface area contributed by atoms with Crippen molar-refractivity contribution in [3.05, 3.63) is 0 Å². The number of carbonyl (C=O) groups excluding carboxylic acids is 2. The van der Waals surface area contributed by atoms with Gasteiger partial charge in [-0.25, -0.2) is 4.79 Å². The van der Waals surface area contributed by atoms with Crippen molar-refractivity contribution in [3.8, 4) is 0 Å². The smallest absolute Gasteiger partial charge is 0.325 e. The highest BCUT2D eigenvalue weighted by molar-refractivity contribution is 6.02. The molecule has 5 heteroatoms. The average molecular weight is 156 g/mol. The van der Waals surface area contributed by atoms with Crippen LogP contribution in [0.25, 0.3) is 0 Å². The molecule has 0 unspecified atom stereocenters. The molecule has 0 atom stereocenters. The van der Waals surface area contributed by atoms with Crippen LogP contribution in [0.3, 0.4) is 0 Å². The van der Waals surface area contributed by atoms with Crippen molar-refractivity contribution in [2.45, 2.75) is 6.04 Å². The SMILES string of the molecule is O=C1CNC(=O)N1C1COC1. The van der Waals surface area contributed by atoms with E-state index in [1.165, 1.54) is 4.90 Å². The summed E-state index contributed by atoms with van der Waals surface area (Å²) in [6.07, 6.45) is 0. The maximum absolute atomic E-state index is 11.0. The summed E-state index contributed by atoms with van der Waals surface area (Å²) >= 11 is 0. The Morgan fingerprint density at radius 3 is 2.55 bits per heavy atom. The summed E-state index contributed by atoms with van der Waals surface area (Å²) in [7, 11) is 0. The van der Waals surface area contributed by atoms with Gasteiger partial charge in [-0.2, -0.15) is 0 Å². The van der Waals surface area contributed by atoms with Crippen LogP contribution in [0.15, 0.2) is 0 Å². The summed E-state index contributed by atoms with van der Waals surface area (Å²) < 4.78 is 4.87. The van der Waals surface area contributed by atoms with Crippen molar-refractivity contribution < 1.29 is 14.3 Å². The molecule has 1 N–H and O–H groups in total. The standard InChI is InChI=1S/C6H8N2O3/c9-5-1-7-6(10)8(5)4-2-11-3-4/h4H,1-3H2,(H,7,10). The lowest BCUT2D eigenvalue weighted by atomic mass is 10.2. The van der Waals surface area contributed by atoms with E-state index in [1.54, 1.807) is 0 Å². The molecule has 3 amide bonds. The highest BCUT2D eigenvalue weighted by Crippen LogP contribution is 2.13. The minimum atomic E-state index is -0.289. The molecule has 11 heavy (non-hydrogen) atoms. The number of rotatable bonds is 1. The number of carbonyl (C=O) groups is 2. The van der Waals surface area contributed by atoms with E-state index < -0.39 is 0 Å². The molecule has 0 bridgehead atoms. The van der Waals surface area contributed by atoms with Gasteiger partial charge < -0.3 is 10.1 Å². The summed E-state index contributed by atoms with van der Waals surface area (Å²) in [4.78, 5) is 23.2. The molecular formula is C6H8N2O3. The molecule has 5 nitrogen and oxygen atoms in total. The first kappa shape index (κ1) is 6.60. The summed E-state index contributed by atoms with van der Waals surface area (Å²) in [5, 5.41) is 2.45. The van der Waals surface area contributed by atoms with Crippen LogP contribution in [0.5, 0.6) is 0 Å². The summed E-state index contributed by atoms with van der Waals surface area (Å²) in [5.74, 6) is -0.150. The second-order valence-corrected chi connectivity index (χ2v) is 2.61. The second kappa shape index (κ2) is 2.20. The summed E-state index contributed by atoms with van der Waals surface area (Å²) in [5.41, 5.74) is 0. The first-order valence-electron chi connectivity index (χ1n) is 3.46. The van der Waals surface area contributed by atoms with Gasteiger partial charge in [-0.3, -0.25) is 9.69 Å². The van der Waals surface area contributed by atoms with Crippen LogP contribution < -0.4 is 5.32 Å². The number of nitrogens with zero attached hydrogens (tertiary/aromatic N) is 1. The molecule has 2 aliphatic heterocycles. The predicted octanol–water partition coefficient (Wildman–Crippen LogP) is -1.06. The van der Waals surface area contributed by atoms with E-state index in [0.717, 1.165) is 0 Å². The monoisotopic (exact) mass is 156 g/mol. The quantitative estimate of drug-likeness (QED) is 0.492. The van der Waals surface area contributed by atoms with Crippen molar-refractivity contribution in [3.63, 3.8) is 0 Å². The van der Waals surface area contributed by atoms with Gasteiger partial charge in [-0.1, -0.05) is 0 Å². The zero-order valence-corrected chi connectivity index (χ0v) is 5.87. The van der Waals surface area contributed by atoms with Gasteiger partial charge in [0.05, 0.1) is 25.8 Å². The Kier molecular flexibility index (Phi) is 1.32. The van der Waals surface area contributed by atoms with E-state index >= 15 is 0 Å². The maximum Gasteiger partial charge on any atom is 0.325 e. The lowest BCUT2D eigenvalue weighted by molar-refractivity contribution is -0.134. The predicted molar refractivity (Wildman–Crippen MR) is 34.9 cm³/mol. The maximum atomic E-state index is 11.0. The number of ether oxygens (including phenoxy) is 1. The van der Waals surface area contributed by atoms with Crippen LogP contribution in [0.2, 0.25) is 0 Å². The normalized spacial score (nSPS) is 25.3. The van der Waals surface area contributed by atoms with E-state index in [1.807, 2.05) is 0 Å². The zero-order valence-electron chi connectivity index (χ0n) is 5.87. The first-order chi connectivity index (χ1) is 5.29. The Hall–Kier alpha value is -1.10. The van der Waals surface area contributed by atoms with E-state index in [2.05, 4.69) is 5.32 Å². The van der Waals surface area contributed by atoms with E-state index in [-0.39, 0.29) is 24.5 Å². The minimum Gasteiger partial charge on any atom is -0.377 e. The van der Waals surface area contributed by atoms with Gasteiger partial charge in [0.25, 0.3) is 0 Å². The zero-order chi connectivity index (χ0) is 7.84. The molecular weight excluding hydrogens is 148 g/mol. The molecule has 0 spiro atoms. The van der Waals surface area contributed by atoms with Crippen LogP contribution in [-0.4, -0.2) is 42.6 Å². The van der Waals surface area contributed by atoms with E-state index in [9.17, 15) is 9.59 Å². The Morgan fingerprint density at radius 1 is 1.45 bits per heavy atom. The Morgan fingerprint density at radius 2 is 2.18 bits per heavy atom. The third kappa shape index (κ3) is 0.883. The largest absolute Gasteiger partial charge is 0.377 e. The lowest BCUT2D eigenvalue weighted by Gasteiger charge is -2.31. The van der Waals surface area contributed by atoms with Crippen molar-refractivity contribution in [1.82, 2.24) is 10.2 Å². The van der Waals surface area contributed by atoms with Gasteiger partial charge >= 0.3 is 6.03 Å². The van der Waals surface area contributed by atoms with Crippen LogP contribution >= 0.6 is 0 Å². The van der Waals surface area contributed by atoms with Gasteiger partial charge in [-0.15, -0.1) is 0 Å². The van der Waals surface area contributed by atoms with Gasteiger partial charge in [0.15, 0.2) is 0 Å². The molecule has 0 aromatic carbocycles. The molecule has 60 valence electrons. The fraction of sp³-hybridized carbons (Fsp3) is 0.667. The van der Waals surface area contributed by atoms with Gasteiger partial charge in [0.1, 0.15) is 0 Å². The number of nitrogens with one attached hydrogen (secondary N) is 1. The molecule has 0 aromatic rings. The highest BCUT2D eigenvalue weighted by atomic mass is 16.5. The van der Waals surface area contributed by atoms with Crippen molar-refractivity contribution >= 4 is 11.9 Å². The number of hydrogen-bond donors (Lipinski definition) is 1. The average Bonchev–Trinajstić information content (AvgIpc) is 2.15. The number of amides is 3. The molecule has 0 radical (unpaired) electrons. The van der Waals surface area contributed by atoms with Crippen molar-refractivity contribution in [1.29, 1.82) is 0 Å². The second-order valence-electron chi connectivity index (χ2n) is 2.61. The number of hydrogen-bond acceptors (Lipinski definition) is 3. The lowest BCUT2D eigenvalue weighted by Crippen LogP contribution is -2.51. The number of imide groups is 1. The molecule has 2 fully saturated rings. The third-order valence-corrected chi connectivity index (χ3v) is 1.86. The van der Waals surface area contributed by atoms with Gasteiger partial charge in [0, 0.05) is 0 Å². The summed E-state index contributed by atoms with van der Waals surface area (Å²) in [6, 6.07) is -0.312. The molecule has 0 aromatic heterocycles. The molecule has 0 saturated carbocycles. The van der Waals surface area contributed by atoms with Crippen molar-refractivity contribution in [2.24, 2.45) is 0 Å². The van der Waals surface area contributed by atoms with E-state index in [4.69, 9.17) is 4.74 Å².